The molecule has 8 rings (SSSR count). The summed E-state index contributed by atoms with van der Waals surface area (Å²) in [5, 5.41) is 53.2. The van der Waals surface area contributed by atoms with Gasteiger partial charge in [0.2, 0.25) is 0 Å². The van der Waals surface area contributed by atoms with Crippen molar-refractivity contribution < 1.29 is 58.8 Å². The fourth-order valence-corrected chi connectivity index (χ4v) is 8.42. The van der Waals surface area contributed by atoms with Gasteiger partial charge in [-0.05, 0) is 82.9 Å². The topological polar surface area (TPSA) is 266 Å². The van der Waals surface area contributed by atoms with Crippen molar-refractivity contribution in [3.8, 4) is 0 Å². The van der Waals surface area contributed by atoms with Crippen molar-refractivity contribution in [1.29, 1.82) is 0 Å². The fourth-order valence-electron chi connectivity index (χ4n) is 8.42. The largest absolute Gasteiger partial charge is 0.478 e. The molecule has 0 unspecified atom stereocenters. The Balaban J connectivity index is 1.42. The number of carbonyl (C=O) groups is 8. The minimum atomic E-state index is -1.40. The molecule has 0 aliphatic carbocycles. The minimum Gasteiger partial charge on any atom is -0.478 e. The monoisotopic (exact) mass is 958 g/mol. The third-order valence-corrected chi connectivity index (χ3v) is 11.9. The molecule has 8 N–H and O–H groups in total. The van der Waals surface area contributed by atoms with E-state index in [2.05, 4.69) is 47.6 Å². The van der Waals surface area contributed by atoms with Crippen molar-refractivity contribution >= 4 is 127 Å². The van der Waals surface area contributed by atoms with Crippen molar-refractivity contribution in [1.82, 2.24) is 0 Å². The van der Waals surface area contributed by atoms with Gasteiger partial charge >= 0.3 is 23.9 Å². The molecule has 16 heteroatoms. The lowest BCUT2D eigenvalue weighted by Gasteiger charge is -2.22. The molecular weight excluding hydrogens is 921 g/mol. The Labute approximate surface area is 407 Å². The molecule has 0 atom stereocenters. The van der Waals surface area contributed by atoms with Gasteiger partial charge in [0.15, 0.2) is 0 Å². The highest BCUT2D eigenvalue weighted by Crippen LogP contribution is 2.46. The maximum Gasteiger partial charge on any atom is 0.336 e. The average Bonchev–Trinajstić information content (AvgIpc) is 3.37. The molecule has 0 saturated carbocycles. The molecule has 0 spiro atoms. The molecule has 354 valence electrons. The van der Waals surface area contributed by atoms with Crippen LogP contribution in [-0.4, -0.2) is 67.9 Å². The van der Waals surface area contributed by atoms with E-state index in [0.717, 1.165) is 0 Å². The number of carbonyl (C=O) groups excluding carboxylic acids is 4. The molecule has 0 saturated heterocycles. The van der Waals surface area contributed by atoms with E-state index < -0.39 is 47.5 Å². The first-order valence-corrected chi connectivity index (χ1v) is 21.5. The lowest BCUT2D eigenvalue weighted by molar-refractivity contribution is 0.0683. The van der Waals surface area contributed by atoms with Gasteiger partial charge in [0.25, 0.3) is 23.6 Å². The first-order chi connectivity index (χ1) is 34.5. The molecule has 0 aliphatic heterocycles. The number of rotatable bonds is 16. The van der Waals surface area contributed by atoms with Crippen molar-refractivity contribution in [2.75, 3.05) is 21.3 Å². The quantitative estimate of drug-likeness (QED) is 0.0420. The van der Waals surface area contributed by atoms with Crippen LogP contribution in [0.4, 0.5) is 22.7 Å². The van der Waals surface area contributed by atoms with E-state index >= 15 is 0 Å². The Morgan fingerprint density at radius 3 is 0.694 bits per heavy atom. The number of hydrogen-bond donors (Lipinski definition) is 8. The van der Waals surface area contributed by atoms with Crippen LogP contribution in [0.3, 0.4) is 0 Å². The summed E-state index contributed by atoms with van der Waals surface area (Å²) in [5.41, 5.74) is -0.643. The maximum absolute atomic E-state index is 14.3. The zero-order valence-electron chi connectivity index (χ0n) is 37.6. The van der Waals surface area contributed by atoms with Crippen molar-refractivity contribution in [2.45, 2.75) is 0 Å². The summed E-state index contributed by atoms with van der Waals surface area (Å²) in [7, 11) is 0. The predicted octanol–water partition coefficient (Wildman–Crippen LogP) is 11.0. The number of nitrogens with one attached hydrogen (secondary N) is 4. The van der Waals surface area contributed by atoms with E-state index in [9.17, 15) is 58.8 Å². The third kappa shape index (κ3) is 8.88. The van der Waals surface area contributed by atoms with Gasteiger partial charge in [0.1, 0.15) is 0 Å². The molecule has 16 nitrogen and oxygen atoms in total. The SMILES string of the molecule is C=Cc1ccc(C(=O)O)c(C(=O)Nc2cc(NC(=O)c3cc(C=C)ccc3C(=O)O)c3ccc4c(NC(=O)c5cc(C=C)ccc5C(=O)O)cc(NC(=O)c5cc(C=C)ccc5C(=O)O)c5ccc2c3c54)c1. The van der Waals surface area contributed by atoms with E-state index in [-0.39, 0.29) is 99.6 Å². The molecule has 0 heterocycles. The highest BCUT2D eigenvalue weighted by Gasteiger charge is 2.27. The number of aromatic carboxylic acids is 4. The van der Waals surface area contributed by atoms with Crippen LogP contribution in [-0.2, 0) is 0 Å². The molecular formula is C56H38N4O12. The van der Waals surface area contributed by atoms with Gasteiger partial charge in [-0.2, -0.15) is 0 Å². The van der Waals surface area contributed by atoms with Crippen molar-refractivity contribution in [2.24, 2.45) is 0 Å². The second-order valence-electron chi connectivity index (χ2n) is 16.1. The Kier molecular flexibility index (Phi) is 12.8. The molecule has 8 aromatic carbocycles. The molecule has 0 aromatic heterocycles. The van der Waals surface area contributed by atoms with Crippen LogP contribution in [0.25, 0.3) is 56.6 Å². The van der Waals surface area contributed by atoms with Gasteiger partial charge in [-0.25, -0.2) is 19.2 Å². The summed E-state index contributed by atoms with van der Waals surface area (Å²) >= 11 is 0. The summed E-state index contributed by atoms with van der Waals surface area (Å²) < 4.78 is 0. The molecule has 0 fully saturated rings. The molecule has 0 radical (unpaired) electrons. The van der Waals surface area contributed by atoms with E-state index in [1.807, 2.05) is 0 Å². The Morgan fingerprint density at radius 1 is 0.306 bits per heavy atom. The molecule has 72 heavy (non-hydrogen) atoms. The van der Waals surface area contributed by atoms with Crippen LogP contribution >= 0.6 is 0 Å². The number of carboxylic acids is 4. The molecule has 4 amide bonds. The number of hydrogen-bond acceptors (Lipinski definition) is 8. The van der Waals surface area contributed by atoms with E-state index in [4.69, 9.17) is 0 Å². The predicted molar refractivity (Wildman–Crippen MR) is 276 cm³/mol. The van der Waals surface area contributed by atoms with Crippen LogP contribution in [0.15, 0.2) is 136 Å². The van der Waals surface area contributed by atoms with Crippen LogP contribution in [0.1, 0.15) is 105 Å². The van der Waals surface area contributed by atoms with E-state index in [0.29, 0.717) is 22.3 Å². The summed E-state index contributed by atoms with van der Waals surface area (Å²) in [5.74, 6) is -9.16. The van der Waals surface area contributed by atoms with E-state index in [1.54, 1.807) is 24.3 Å². The third-order valence-electron chi connectivity index (χ3n) is 11.9. The van der Waals surface area contributed by atoms with E-state index in [1.165, 1.54) is 109 Å². The fraction of sp³-hybridized carbons (Fsp3) is 0. The number of amides is 4. The van der Waals surface area contributed by atoms with Crippen molar-refractivity contribution in [3.63, 3.8) is 0 Å². The van der Waals surface area contributed by atoms with Crippen molar-refractivity contribution in [3.05, 3.63) is 202 Å². The normalized spacial score (nSPS) is 10.8. The van der Waals surface area contributed by atoms with Crippen LogP contribution in [0.5, 0.6) is 0 Å². The second-order valence-corrected chi connectivity index (χ2v) is 16.1. The summed E-state index contributed by atoms with van der Waals surface area (Å²) in [6, 6.07) is 25.3. The maximum atomic E-state index is 14.3. The van der Waals surface area contributed by atoms with Gasteiger partial charge in [0.05, 0.1) is 67.3 Å². The van der Waals surface area contributed by atoms with Gasteiger partial charge in [-0.15, -0.1) is 0 Å². The summed E-state index contributed by atoms with van der Waals surface area (Å²) in [6.45, 7) is 14.9. The van der Waals surface area contributed by atoms with Crippen LogP contribution in [0, 0.1) is 0 Å². The standard InChI is InChI=1S/C56H38N4O12/c1-5-27-9-13-31(53(65)66)39(21-27)49(61)57-43-25-44(58-50(62)40-22-28(6-2)10-14-32(40)54(67)68)36-19-20-38-46(60-52(64)42-24-30(8-4)12-16-34(42)56(71)72)26-45(37-18-17-35(43)47(36)48(37)38)59-51(63)41-23-29(7-3)11-15-33(41)55(69)70/h5-26H,1-4H2,(H,57,61)(H,58,62)(H,59,63)(H,60,64)(H,65,66)(H,67,68)(H,69,70)(H,71,72). The lowest BCUT2D eigenvalue weighted by Crippen LogP contribution is -2.19. The van der Waals surface area contributed by atoms with Crippen LogP contribution < -0.4 is 21.3 Å². The van der Waals surface area contributed by atoms with Gasteiger partial charge in [0, 0.05) is 32.3 Å². The minimum absolute atomic E-state index is 0.00977. The van der Waals surface area contributed by atoms with Gasteiger partial charge in [-0.1, -0.05) is 99.2 Å². The molecule has 0 bridgehead atoms. The average molecular weight is 959 g/mol. The highest BCUT2D eigenvalue weighted by molar-refractivity contribution is 6.34. The zero-order valence-corrected chi connectivity index (χ0v) is 37.6. The smallest absolute Gasteiger partial charge is 0.336 e. The number of anilines is 4. The Bertz CT molecular complexity index is 3300. The van der Waals surface area contributed by atoms with Gasteiger partial charge < -0.3 is 41.7 Å². The lowest BCUT2D eigenvalue weighted by atomic mass is 9.90. The Morgan fingerprint density at radius 2 is 0.514 bits per heavy atom. The highest BCUT2D eigenvalue weighted by atomic mass is 16.4. The number of carboxylic acid groups (broad SMARTS) is 4. The molecule has 0 aliphatic rings. The second kappa shape index (κ2) is 19.3. The van der Waals surface area contributed by atoms with Crippen LogP contribution in [0.2, 0.25) is 0 Å². The van der Waals surface area contributed by atoms with Gasteiger partial charge in [-0.3, -0.25) is 19.2 Å². The first-order valence-electron chi connectivity index (χ1n) is 21.5. The molecule has 8 aromatic rings. The summed E-state index contributed by atoms with van der Waals surface area (Å²) in [4.78, 5) is 107. The number of benzene rings is 8. The Hall–Kier alpha value is -10.5. The zero-order chi connectivity index (χ0) is 51.7. The first kappa shape index (κ1) is 48.0. The summed E-state index contributed by atoms with van der Waals surface area (Å²) in [6.07, 6.45) is 5.68.